The Hall–Kier alpha value is -1.44. The van der Waals surface area contributed by atoms with Crippen LogP contribution < -0.4 is 0 Å². The molecule has 1 rings (SSSR count). The maximum absolute atomic E-state index is 9.00. The van der Waals surface area contributed by atoms with Crippen LogP contribution in [0.15, 0.2) is 12.2 Å². The Labute approximate surface area is 92.6 Å². The largest absolute Gasteiger partial charge is 0.481 e. The van der Waals surface area contributed by atoms with Crippen LogP contribution in [0, 0.1) is 0 Å². The molecule has 0 saturated carbocycles. The van der Waals surface area contributed by atoms with Gasteiger partial charge in [-0.2, -0.15) is 0 Å². The van der Waals surface area contributed by atoms with E-state index in [0.717, 1.165) is 13.8 Å². The molecule has 1 heterocycles. The topological polar surface area (TPSA) is 124 Å². The third-order valence-electron chi connectivity index (χ3n) is 0.936. The number of aliphatic carboxylic acids is 2. The molecule has 0 aliphatic carbocycles. The van der Waals surface area contributed by atoms with E-state index in [1.807, 2.05) is 0 Å². The molecular weight excluding hydrogens is 220 g/mol. The van der Waals surface area contributed by atoms with E-state index >= 15 is 0 Å². The van der Waals surface area contributed by atoms with Gasteiger partial charge in [0.2, 0.25) is 0 Å². The minimum Gasteiger partial charge on any atom is -0.481 e. The molecule has 0 bridgehead atoms. The van der Waals surface area contributed by atoms with Gasteiger partial charge in [0.05, 0.1) is 12.7 Å². The summed E-state index contributed by atoms with van der Waals surface area (Å²) in [5.74, 6) is -1.67. The van der Waals surface area contributed by atoms with E-state index in [-0.39, 0.29) is 6.61 Å². The molecule has 1 aliphatic heterocycles. The minimum absolute atomic E-state index is 0.192. The molecule has 2 atom stereocenters. The van der Waals surface area contributed by atoms with Gasteiger partial charge in [-0.15, -0.1) is 0 Å². The molecule has 2 unspecified atom stereocenters. The maximum Gasteiger partial charge on any atom is 0.300 e. The van der Waals surface area contributed by atoms with Gasteiger partial charge in [0.1, 0.15) is 0 Å². The number of carboxylic acids is 2. The fourth-order valence-electron chi connectivity index (χ4n) is 0.532. The van der Waals surface area contributed by atoms with Crippen molar-refractivity contribution in [3.8, 4) is 0 Å². The molecule has 1 aliphatic rings. The van der Waals surface area contributed by atoms with Gasteiger partial charge in [-0.05, 0) is 6.08 Å². The third kappa shape index (κ3) is 22.9. The standard InChI is InChI=1S/C5H8O3.2C2H4O2/c6-4-1-2-5(7)8-3-4;2*1-2(3)4/h1-2,4-7H,3H2;2*1H3,(H,3,4). The lowest BCUT2D eigenvalue weighted by atomic mass is 10.3. The summed E-state index contributed by atoms with van der Waals surface area (Å²) in [6.45, 7) is 2.36. The summed E-state index contributed by atoms with van der Waals surface area (Å²) in [6, 6.07) is 0. The molecule has 16 heavy (non-hydrogen) atoms. The number of hydrogen-bond donors (Lipinski definition) is 4. The van der Waals surface area contributed by atoms with Crippen LogP contribution in [0.5, 0.6) is 0 Å². The molecule has 0 aromatic rings. The number of aliphatic hydroxyl groups is 2. The highest BCUT2D eigenvalue weighted by Crippen LogP contribution is 2.00. The van der Waals surface area contributed by atoms with Gasteiger partial charge < -0.3 is 25.2 Å². The van der Waals surface area contributed by atoms with Crippen molar-refractivity contribution in [2.24, 2.45) is 0 Å². The Balaban J connectivity index is 0. The van der Waals surface area contributed by atoms with Crippen molar-refractivity contribution in [1.82, 2.24) is 0 Å². The van der Waals surface area contributed by atoms with Crippen molar-refractivity contribution in [3.05, 3.63) is 12.2 Å². The van der Waals surface area contributed by atoms with Crippen molar-refractivity contribution in [3.63, 3.8) is 0 Å². The van der Waals surface area contributed by atoms with E-state index in [9.17, 15) is 0 Å². The van der Waals surface area contributed by atoms with E-state index < -0.39 is 24.3 Å². The predicted octanol–water partition coefficient (Wildman–Crippen LogP) is -0.566. The van der Waals surface area contributed by atoms with E-state index in [1.165, 1.54) is 12.2 Å². The number of aliphatic hydroxyl groups excluding tert-OH is 2. The zero-order chi connectivity index (χ0) is 13.1. The Morgan fingerprint density at radius 1 is 1.12 bits per heavy atom. The molecular formula is C9H16O7. The number of ether oxygens (including phenoxy) is 1. The Morgan fingerprint density at radius 3 is 1.69 bits per heavy atom. The lowest BCUT2D eigenvalue weighted by Gasteiger charge is -2.15. The number of carboxylic acid groups (broad SMARTS) is 2. The summed E-state index contributed by atoms with van der Waals surface area (Å²) in [5.41, 5.74) is 0. The fourth-order valence-corrected chi connectivity index (χ4v) is 0.532. The monoisotopic (exact) mass is 236 g/mol. The molecule has 94 valence electrons. The number of hydrogen-bond acceptors (Lipinski definition) is 5. The van der Waals surface area contributed by atoms with Gasteiger partial charge in [-0.25, -0.2) is 0 Å². The highest BCUT2D eigenvalue weighted by molar-refractivity contribution is 5.63. The highest BCUT2D eigenvalue weighted by atomic mass is 16.6. The van der Waals surface area contributed by atoms with Crippen LogP contribution in [0.4, 0.5) is 0 Å². The smallest absolute Gasteiger partial charge is 0.300 e. The number of carbonyl (C=O) groups is 2. The van der Waals surface area contributed by atoms with Crippen molar-refractivity contribution >= 4 is 11.9 Å². The Bertz CT molecular complexity index is 204. The summed E-state index contributed by atoms with van der Waals surface area (Å²) in [6.07, 6.45) is 1.55. The van der Waals surface area contributed by atoms with E-state index in [4.69, 9.17) is 30.0 Å². The van der Waals surface area contributed by atoms with E-state index in [1.54, 1.807) is 0 Å². The van der Waals surface area contributed by atoms with Crippen molar-refractivity contribution < 1.29 is 34.8 Å². The van der Waals surface area contributed by atoms with Gasteiger partial charge in [-0.1, -0.05) is 6.08 Å². The minimum atomic E-state index is -0.833. The lowest BCUT2D eigenvalue weighted by Crippen LogP contribution is -2.23. The van der Waals surface area contributed by atoms with Crippen LogP contribution in [0.25, 0.3) is 0 Å². The normalized spacial score (nSPS) is 22.0. The summed E-state index contributed by atoms with van der Waals surface area (Å²) >= 11 is 0. The molecule has 0 fully saturated rings. The summed E-state index contributed by atoms with van der Waals surface area (Å²) in [5, 5.41) is 32.1. The van der Waals surface area contributed by atoms with Crippen LogP contribution in [-0.4, -0.2) is 51.4 Å². The Morgan fingerprint density at radius 2 is 1.50 bits per heavy atom. The zero-order valence-corrected chi connectivity index (χ0v) is 9.03. The van der Waals surface area contributed by atoms with Crippen LogP contribution >= 0.6 is 0 Å². The van der Waals surface area contributed by atoms with Crippen LogP contribution in [-0.2, 0) is 14.3 Å². The molecule has 7 nitrogen and oxygen atoms in total. The summed E-state index contributed by atoms with van der Waals surface area (Å²) < 4.78 is 4.61. The highest BCUT2D eigenvalue weighted by Gasteiger charge is 2.09. The number of rotatable bonds is 0. The zero-order valence-electron chi connectivity index (χ0n) is 9.03. The maximum atomic E-state index is 9.00. The lowest BCUT2D eigenvalue weighted by molar-refractivity contribution is -0.135. The molecule has 7 heteroatoms. The predicted molar refractivity (Wildman–Crippen MR) is 53.7 cm³/mol. The average molecular weight is 236 g/mol. The average Bonchev–Trinajstić information content (AvgIpc) is 2.08. The molecule has 0 aromatic heterocycles. The first-order chi connectivity index (χ1) is 7.25. The van der Waals surface area contributed by atoms with Gasteiger partial charge in [0, 0.05) is 13.8 Å². The quantitative estimate of drug-likeness (QED) is 0.415. The molecule has 0 radical (unpaired) electrons. The molecule has 4 N–H and O–H groups in total. The molecule has 0 spiro atoms. The molecule has 0 saturated heterocycles. The van der Waals surface area contributed by atoms with Crippen molar-refractivity contribution in [1.29, 1.82) is 0 Å². The summed E-state index contributed by atoms with van der Waals surface area (Å²) in [7, 11) is 0. The fraction of sp³-hybridized carbons (Fsp3) is 0.556. The second-order valence-corrected chi connectivity index (χ2v) is 2.71. The first kappa shape index (κ1) is 17.0. The van der Waals surface area contributed by atoms with Crippen molar-refractivity contribution in [2.75, 3.05) is 6.61 Å². The van der Waals surface area contributed by atoms with Crippen LogP contribution in [0.1, 0.15) is 13.8 Å². The second-order valence-electron chi connectivity index (χ2n) is 2.71. The van der Waals surface area contributed by atoms with Gasteiger partial charge >= 0.3 is 0 Å². The Kier molecular flexibility index (Phi) is 10.7. The first-order valence-corrected chi connectivity index (χ1v) is 4.30. The van der Waals surface area contributed by atoms with Crippen molar-refractivity contribution in [2.45, 2.75) is 26.2 Å². The van der Waals surface area contributed by atoms with Crippen LogP contribution in [0.2, 0.25) is 0 Å². The van der Waals surface area contributed by atoms with Gasteiger partial charge in [0.15, 0.2) is 6.29 Å². The first-order valence-electron chi connectivity index (χ1n) is 4.30. The SMILES string of the molecule is CC(=O)O.CC(=O)O.OC1C=CC(O)OC1. The third-order valence-corrected chi connectivity index (χ3v) is 0.936. The van der Waals surface area contributed by atoms with E-state index in [0.29, 0.717) is 0 Å². The van der Waals surface area contributed by atoms with Gasteiger partial charge in [0.25, 0.3) is 11.9 Å². The van der Waals surface area contributed by atoms with Crippen LogP contribution in [0.3, 0.4) is 0 Å². The second kappa shape index (κ2) is 10.1. The summed E-state index contributed by atoms with van der Waals surface area (Å²) in [4.78, 5) is 18.0. The molecule has 0 amide bonds. The van der Waals surface area contributed by atoms with E-state index in [2.05, 4.69) is 4.74 Å². The van der Waals surface area contributed by atoms with Gasteiger partial charge in [-0.3, -0.25) is 9.59 Å². The molecule has 0 aromatic carbocycles.